The molecule has 1 aromatic carbocycles. The van der Waals surface area contributed by atoms with Crippen LogP contribution in [0.4, 0.5) is 9.18 Å². The van der Waals surface area contributed by atoms with E-state index in [1.54, 1.807) is 0 Å². The molecule has 0 bridgehead atoms. The monoisotopic (exact) mass is 320 g/mol. The Hall–Kier alpha value is -1.62. The van der Waals surface area contributed by atoms with Gasteiger partial charge in [0.05, 0.1) is 6.54 Å². The zero-order valence-electron chi connectivity index (χ0n) is 13.5. The number of hydrogen-bond acceptors (Lipinski definition) is 3. The quantitative estimate of drug-likeness (QED) is 0.857. The molecule has 2 unspecified atom stereocenters. The van der Waals surface area contributed by atoms with Gasteiger partial charge in [-0.05, 0) is 37.9 Å². The van der Waals surface area contributed by atoms with Crippen LogP contribution in [0.25, 0.3) is 0 Å². The second-order valence-electron chi connectivity index (χ2n) is 6.45. The zero-order chi connectivity index (χ0) is 16.1. The van der Waals surface area contributed by atoms with E-state index in [1.807, 2.05) is 30.3 Å². The van der Waals surface area contributed by atoms with Gasteiger partial charge in [-0.1, -0.05) is 36.8 Å². The number of halogens is 1. The van der Waals surface area contributed by atoms with Gasteiger partial charge in [0, 0.05) is 12.6 Å². The lowest BCUT2D eigenvalue weighted by molar-refractivity contribution is 0.0174. The Kier molecular flexibility index (Phi) is 5.49. The molecule has 0 radical (unpaired) electrons. The number of benzene rings is 1. The predicted molar refractivity (Wildman–Crippen MR) is 86.9 cm³/mol. The van der Waals surface area contributed by atoms with Gasteiger partial charge in [-0.3, -0.25) is 4.90 Å². The third-order valence-electron chi connectivity index (χ3n) is 4.83. The molecule has 2 fully saturated rings. The molecule has 0 saturated carbocycles. The topological polar surface area (TPSA) is 32.8 Å². The summed E-state index contributed by atoms with van der Waals surface area (Å²) < 4.78 is 19.8. The third kappa shape index (κ3) is 4.22. The van der Waals surface area contributed by atoms with E-state index in [9.17, 15) is 9.18 Å². The first kappa shape index (κ1) is 16.2. The van der Waals surface area contributed by atoms with Crippen LogP contribution in [-0.4, -0.2) is 54.3 Å². The molecule has 2 atom stereocenters. The van der Waals surface area contributed by atoms with Crippen LogP contribution in [0, 0.1) is 0 Å². The number of ether oxygens (including phenoxy) is 1. The minimum absolute atomic E-state index is 0.0338. The smallest absolute Gasteiger partial charge is 0.410 e. The highest BCUT2D eigenvalue weighted by Gasteiger charge is 2.36. The van der Waals surface area contributed by atoms with Crippen LogP contribution in [0.2, 0.25) is 0 Å². The molecule has 4 nitrogen and oxygen atoms in total. The van der Waals surface area contributed by atoms with Gasteiger partial charge < -0.3 is 9.64 Å². The first-order chi connectivity index (χ1) is 11.2. The standard InChI is InChI=1S/C18H25FN2O2/c19-16-13-21(12-9-17(16)20-10-5-2-6-11-20)18(22)23-14-15-7-3-1-4-8-15/h1,3-4,7-8,16-17H,2,5-6,9-14H2. The van der Waals surface area contributed by atoms with Gasteiger partial charge in [-0.15, -0.1) is 0 Å². The Balaban J connectivity index is 1.47. The van der Waals surface area contributed by atoms with Crippen LogP contribution >= 0.6 is 0 Å². The molecule has 3 rings (SSSR count). The first-order valence-electron chi connectivity index (χ1n) is 8.58. The lowest BCUT2D eigenvalue weighted by atomic mass is 9.98. The maximum atomic E-state index is 14.5. The molecule has 2 heterocycles. The summed E-state index contributed by atoms with van der Waals surface area (Å²) >= 11 is 0. The number of alkyl halides is 1. The first-order valence-corrected chi connectivity index (χ1v) is 8.58. The maximum absolute atomic E-state index is 14.5. The molecule has 2 aliphatic heterocycles. The fourth-order valence-corrected chi connectivity index (χ4v) is 3.53. The highest BCUT2D eigenvalue weighted by Crippen LogP contribution is 2.23. The SMILES string of the molecule is O=C(OCc1ccccc1)N1CCC(N2CCCCC2)C(F)C1. The number of carbonyl (C=O) groups excluding carboxylic acids is 1. The summed E-state index contributed by atoms with van der Waals surface area (Å²) in [5, 5.41) is 0. The van der Waals surface area contributed by atoms with Crippen LogP contribution in [0.5, 0.6) is 0 Å². The van der Waals surface area contributed by atoms with Crippen molar-refractivity contribution in [2.24, 2.45) is 0 Å². The Morgan fingerprint density at radius 2 is 1.87 bits per heavy atom. The van der Waals surface area contributed by atoms with Gasteiger partial charge in [0.2, 0.25) is 0 Å². The zero-order valence-corrected chi connectivity index (χ0v) is 13.5. The molecule has 1 aromatic rings. The summed E-state index contributed by atoms with van der Waals surface area (Å²) in [6.45, 7) is 2.94. The Labute approximate surface area is 137 Å². The lowest BCUT2D eigenvalue weighted by Gasteiger charge is -2.41. The lowest BCUT2D eigenvalue weighted by Crippen LogP contribution is -2.54. The Bertz CT molecular complexity index is 505. The normalized spacial score (nSPS) is 26.0. The van der Waals surface area contributed by atoms with Crippen molar-refractivity contribution >= 4 is 6.09 Å². The highest BCUT2D eigenvalue weighted by molar-refractivity contribution is 5.67. The molecule has 0 aliphatic carbocycles. The molecule has 1 amide bonds. The van der Waals surface area contributed by atoms with Crippen LogP contribution < -0.4 is 0 Å². The van der Waals surface area contributed by atoms with Crippen molar-refractivity contribution in [3.63, 3.8) is 0 Å². The van der Waals surface area contributed by atoms with E-state index in [-0.39, 0.29) is 19.2 Å². The maximum Gasteiger partial charge on any atom is 0.410 e. The van der Waals surface area contributed by atoms with Crippen molar-refractivity contribution in [1.82, 2.24) is 9.80 Å². The van der Waals surface area contributed by atoms with Crippen LogP contribution in [0.15, 0.2) is 30.3 Å². The summed E-state index contributed by atoms with van der Waals surface area (Å²) in [5.74, 6) is 0. The van der Waals surface area contributed by atoms with Gasteiger partial charge in [0.15, 0.2) is 0 Å². The largest absolute Gasteiger partial charge is 0.445 e. The summed E-state index contributed by atoms with van der Waals surface area (Å²) in [5.41, 5.74) is 0.945. The number of carbonyl (C=O) groups is 1. The number of amides is 1. The molecular weight excluding hydrogens is 295 g/mol. The number of hydrogen-bond donors (Lipinski definition) is 0. The van der Waals surface area contributed by atoms with Crippen molar-refractivity contribution in [2.45, 2.75) is 44.5 Å². The number of rotatable bonds is 3. The van der Waals surface area contributed by atoms with Crippen molar-refractivity contribution in [3.05, 3.63) is 35.9 Å². The van der Waals surface area contributed by atoms with E-state index < -0.39 is 12.3 Å². The molecule has 5 heteroatoms. The summed E-state index contributed by atoms with van der Waals surface area (Å²) in [6, 6.07) is 9.52. The summed E-state index contributed by atoms with van der Waals surface area (Å²) in [6.07, 6.45) is 2.87. The molecular formula is C18H25FN2O2. The highest BCUT2D eigenvalue weighted by atomic mass is 19.1. The van der Waals surface area contributed by atoms with Gasteiger partial charge in [0.1, 0.15) is 12.8 Å². The summed E-state index contributed by atoms with van der Waals surface area (Å²) in [4.78, 5) is 15.9. The molecule has 2 aliphatic rings. The van der Waals surface area contributed by atoms with E-state index in [0.717, 1.165) is 31.5 Å². The van der Waals surface area contributed by atoms with E-state index in [2.05, 4.69) is 4.90 Å². The van der Waals surface area contributed by atoms with Crippen molar-refractivity contribution in [1.29, 1.82) is 0 Å². The average molecular weight is 320 g/mol. The van der Waals surface area contributed by atoms with Crippen molar-refractivity contribution in [3.8, 4) is 0 Å². The number of likely N-dealkylation sites (tertiary alicyclic amines) is 2. The molecule has 23 heavy (non-hydrogen) atoms. The second kappa shape index (κ2) is 7.77. The molecule has 0 N–H and O–H groups in total. The predicted octanol–water partition coefficient (Wildman–Crippen LogP) is 3.22. The Morgan fingerprint density at radius 3 is 2.57 bits per heavy atom. The van der Waals surface area contributed by atoms with Crippen molar-refractivity contribution < 1.29 is 13.9 Å². The second-order valence-corrected chi connectivity index (χ2v) is 6.45. The Morgan fingerprint density at radius 1 is 1.13 bits per heavy atom. The van der Waals surface area contributed by atoms with Gasteiger partial charge in [0.25, 0.3) is 0 Å². The van der Waals surface area contributed by atoms with E-state index in [4.69, 9.17) is 4.74 Å². The molecule has 2 saturated heterocycles. The summed E-state index contributed by atoms with van der Waals surface area (Å²) in [7, 11) is 0. The van der Waals surface area contributed by atoms with Crippen LogP contribution in [0.3, 0.4) is 0 Å². The molecule has 0 aromatic heterocycles. The van der Waals surface area contributed by atoms with Gasteiger partial charge in [-0.2, -0.15) is 0 Å². The molecule has 126 valence electrons. The van der Waals surface area contributed by atoms with Gasteiger partial charge >= 0.3 is 6.09 Å². The fourth-order valence-electron chi connectivity index (χ4n) is 3.53. The number of nitrogens with zero attached hydrogens (tertiary/aromatic N) is 2. The van der Waals surface area contributed by atoms with Crippen LogP contribution in [0.1, 0.15) is 31.2 Å². The molecule has 0 spiro atoms. The minimum Gasteiger partial charge on any atom is -0.445 e. The van der Waals surface area contributed by atoms with Gasteiger partial charge in [-0.25, -0.2) is 9.18 Å². The van der Waals surface area contributed by atoms with E-state index in [1.165, 1.54) is 11.3 Å². The van der Waals surface area contributed by atoms with E-state index >= 15 is 0 Å². The average Bonchev–Trinajstić information content (AvgIpc) is 2.61. The minimum atomic E-state index is -0.980. The number of piperidine rings is 2. The van der Waals surface area contributed by atoms with Crippen LogP contribution in [-0.2, 0) is 11.3 Å². The third-order valence-corrected chi connectivity index (χ3v) is 4.83. The van der Waals surface area contributed by atoms with Crippen molar-refractivity contribution in [2.75, 3.05) is 26.2 Å². The van der Waals surface area contributed by atoms with E-state index in [0.29, 0.717) is 13.0 Å². The fraction of sp³-hybridized carbons (Fsp3) is 0.611.